The molecule has 0 radical (unpaired) electrons. The highest BCUT2D eigenvalue weighted by Crippen LogP contribution is 2.35. The number of rotatable bonds is 5. The first-order valence-electron chi connectivity index (χ1n) is 8.01. The van der Waals surface area contributed by atoms with E-state index in [2.05, 4.69) is 17.1 Å². The maximum atomic E-state index is 14.4. The predicted molar refractivity (Wildman–Crippen MR) is 82.0 cm³/mol. The van der Waals surface area contributed by atoms with Crippen LogP contribution in [-0.2, 0) is 6.54 Å². The van der Waals surface area contributed by atoms with Crippen LogP contribution in [-0.4, -0.2) is 37.2 Å². The molecular formula is C17H25FN2O. The molecule has 1 aromatic carbocycles. The molecule has 2 aliphatic rings. The molecule has 3 nitrogen and oxygen atoms in total. The van der Waals surface area contributed by atoms with Crippen molar-refractivity contribution in [3.8, 4) is 5.75 Å². The van der Waals surface area contributed by atoms with Crippen LogP contribution in [0.5, 0.6) is 5.75 Å². The lowest BCUT2D eigenvalue weighted by atomic mass is 10.0. The highest BCUT2D eigenvalue weighted by molar-refractivity contribution is 5.31. The number of halogens is 1. The first-order chi connectivity index (χ1) is 10.2. The summed E-state index contributed by atoms with van der Waals surface area (Å²) in [5.41, 5.74) is 0.740. The summed E-state index contributed by atoms with van der Waals surface area (Å²) in [6.45, 7) is 4.92. The first-order valence-corrected chi connectivity index (χ1v) is 8.01. The third-order valence-electron chi connectivity index (χ3n) is 4.86. The van der Waals surface area contributed by atoms with Gasteiger partial charge >= 0.3 is 0 Å². The van der Waals surface area contributed by atoms with E-state index in [1.807, 2.05) is 12.1 Å². The fourth-order valence-corrected chi connectivity index (χ4v) is 3.35. The van der Waals surface area contributed by atoms with Gasteiger partial charge in [0.05, 0.1) is 7.11 Å². The van der Waals surface area contributed by atoms with Crippen LogP contribution in [0.15, 0.2) is 18.2 Å². The zero-order chi connectivity index (χ0) is 14.8. The van der Waals surface area contributed by atoms with Crippen LogP contribution < -0.4 is 10.1 Å². The van der Waals surface area contributed by atoms with Crippen molar-refractivity contribution in [3.63, 3.8) is 0 Å². The average Bonchev–Trinajstić information content (AvgIpc) is 3.34. The van der Waals surface area contributed by atoms with E-state index < -0.39 is 0 Å². The molecule has 0 bridgehead atoms. The molecule has 0 amide bonds. The lowest BCUT2D eigenvalue weighted by molar-refractivity contribution is 0.110. The molecule has 1 heterocycles. The lowest BCUT2D eigenvalue weighted by Crippen LogP contribution is -2.56. The maximum Gasteiger partial charge on any atom is 0.169 e. The molecule has 1 saturated carbocycles. The van der Waals surface area contributed by atoms with Crippen molar-refractivity contribution in [2.24, 2.45) is 5.92 Å². The van der Waals surface area contributed by atoms with Crippen molar-refractivity contribution in [1.29, 1.82) is 0 Å². The van der Waals surface area contributed by atoms with Crippen LogP contribution in [0.2, 0.25) is 0 Å². The van der Waals surface area contributed by atoms with Gasteiger partial charge in [0, 0.05) is 37.3 Å². The number of ether oxygens (including phenoxy) is 1. The number of hydrogen-bond acceptors (Lipinski definition) is 3. The fourth-order valence-electron chi connectivity index (χ4n) is 3.35. The Hall–Kier alpha value is -1.13. The third kappa shape index (κ3) is 3.22. The summed E-state index contributed by atoms with van der Waals surface area (Å²) >= 11 is 0. The Bertz CT molecular complexity index is 490. The van der Waals surface area contributed by atoms with Crippen molar-refractivity contribution in [2.75, 3.05) is 20.2 Å². The molecule has 21 heavy (non-hydrogen) atoms. The molecule has 2 unspecified atom stereocenters. The molecule has 0 spiro atoms. The summed E-state index contributed by atoms with van der Waals surface area (Å²) in [6.07, 6.45) is 3.78. The van der Waals surface area contributed by atoms with E-state index in [0.717, 1.165) is 31.0 Å². The van der Waals surface area contributed by atoms with Crippen molar-refractivity contribution in [1.82, 2.24) is 10.2 Å². The zero-order valence-electron chi connectivity index (χ0n) is 12.9. The molecule has 1 aliphatic carbocycles. The van der Waals surface area contributed by atoms with E-state index in [1.54, 1.807) is 6.07 Å². The van der Waals surface area contributed by atoms with Gasteiger partial charge in [0.1, 0.15) is 0 Å². The molecule has 2 atom stereocenters. The molecule has 1 saturated heterocycles. The SMILES string of the molecule is CCC1CNC(C2CC2)CN1Cc1cccc(OC)c1F. The zero-order valence-corrected chi connectivity index (χ0v) is 12.9. The second-order valence-electron chi connectivity index (χ2n) is 6.28. The van der Waals surface area contributed by atoms with Crippen LogP contribution in [0.25, 0.3) is 0 Å². The van der Waals surface area contributed by atoms with E-state index in [4.69, 9.17) is 4.74 Å². The molecule has 1 aromatic rings. The number of benzene rings is 1. The Morgan fingerprint density at radius 2 is 2.19 bits per heavy atom. The average molecular weight is 292 g/mol. The van der Waals surface area contributed by atoms with Crippen molar-refractivity contribution in [3.05, 3.63) is 29.6 Å². The standard InChI is InChI=1S/C17H25FN2O/c1-3-14-9-19-15(12-7-8-12)11-20(14)10-13-5-4-6-16(21-2)17(13)18/h4-6,12,14-15,19H,3,7-11H2,1-2H3. The molecule has 2 fully saturated rings. The van der Waals surface area contributed by atoms with Crippen LogP contribution in [0.4, 0.5) is 4.39 Å². The Morgan fingerprint density at radius 3 is 2.86 bits per heavy atom. The summed E-state index contributed by atoms with van der Waals surface area (Å²) in [4.78, 5) is 2.44. The smallest absolute Gasteiger partial charge is 0.169 e. The van der Waals surface area contributed by atoms with E-state index in [9.17, 15) is 4.39 Å². The molecule has 4 heteroatoms. The van der Waals surface area contributed by atoms with Gasteiger partial charge in [-0.25, -0.2) is 4.39 Å². The molecule has 3 rings (SSSR count). The normalized spacial score (nSPS) is 26.8. The molecule has 1 aliphatic heterocycles. The Labute approximate surface area is 126 Å². The van der Waals surface area contributed by atoms with Gasteiger partial charge in [0.15, 0.2) is 11.6 Å². The number of methoxy groups -OCH3 is 1. The van der Waals surface area contributed by atoms with E-state index in [1.165, 1.54) is 20.0 Å². The lowest BCUT2D eigenvalue weighted by Gasteiger charge is -2.40. The molecule has 1 N–H and O–H groups in total. The van der Waals surface area contributed by atoms with Gasteiger partial charge in [-0.05, 0) is 31.2 Å². The van der Waals surface area contributed by atoms with Gasteiger partial charge in [-0.3, -0.25) is 4.90 Å². The van der Waals surface area contributed by atoms with Crippen molar-refractivity contribution >= 4 is 0 Å². The van der Waals surface area contributed by atoms with Crippen LogP contribution in [0, 0.1) is 11.7 Å². The van der Waals surface area contributed by atoms with Crippen molar-refractivity contribution < 1.29 is 9.13 Å². The van der Waals surface area contributed by atoms with Gasteiger partial charge in [0.25, 0.3) is 0 Å². The number of nitrogens with zero attached hydrogens (tertiary/aromatic N) is 1. The van der Waals surface area contributed by atoms with Crippen LogP contribution in [0.3, 0.4) is 0 Å². The Balaban J connectivity index is 1.74. The minimum absolute atomic E-state index is 0.212. The second kappa shape index (κ2) is 6.32. The maximum absolute atomic E-state index is 14.4. The highest BCUT2D eigenvalue weighted by Gasteiger charge is 2.36. The van der Waals surface area contributed by atoms with Crippen LogP contribution in [0.1, 0.15) is 31.7 Å². The summed E-state index contributed by atoms with van der Waals surface area (Å²) in [5.74, 6) is 0.964. The summed E-state index contributed by atoms with van der Waals surface area (Å²) in [5, 5.41) is 3.67. The van der Waals surface area contributed by atoms with E-state index >= 15 is 0 Å². The third-order valence-corrected chi connectivity index (χ3v) is 4.86. The Morgan fingerprint density at radius 1 is 1.38 bits per heavy atom. The largest absolute Gasteiger partial charge is 0.494 e. The highest BCUT2D eigenvalue weighted by atomic mass is 19.1. The van der Waals surface area contributed by atoms with Crippen LogP contribution >= 0.6 is 0 Å². The van der Waals surface area contributed by atoms with Crippen molar-refractivity contribution in [2.45, 2.75) is 44.8 Å². The monoisotopic (exact) mass is 292 g/mol. The molecule has 0 aromatic heterocycles. The Kier molecular flexibility index (Phi) is 4.45. The summed E-state index contributed by atoms with van der Waals surface area (Å²) in [6, 6.07) is 6.50. The first kappa shape index (κ1) is 14.8. The predicted octanol–water partition coefficient (Wildman–Crippen LogP) is 2.80. The minimum atomic E-state index is -0.212. The van der Waals surface area contributed by atoms with Gasteiger partial charge in [-0.1, -0.05) is 19.1 Å². The number of hydrogen-bond donors (Lipinski definition) is 1. The summed E-state index contributed by atoms with van der Waals surface area (Å²) in [7, 11) is 1.52. The van der Waals surface area contributed by atoms with Gasteiger partial charge in [-0.2, -0.15) is 0 Å². The summed E-state index contributed by atoms with van der Waals surface area (Å²) < 4.78 is 19.5. The molecule has 116 valence electrons. The van der Waals surface area contributed by atoms with Gasteiger partial charge in [0.2, 0.25) is 0 Å². The number of nitrogens with one attached hydrogen (secondary N) is 1. The topological polar surface area (TPSA) is 24.5 Å². The second-order valence-corrected chi connectivity index (χ2v) is 6.28. The fraction of sp³-hybridized carbons (Fsp3) is 0.647. The number of piperazine rings is 1. The quantitative estimate of drug-likeness (QED) is 0.903. The van der Waals surface area contributed by atoms with E-state index in [0.29, 0.717) is 24.4 Å². The van der Waals surface area contributed by atoms with Gasteiger partial charge in [-0.15, -0.1) is 0 Å². The van der Waals surface area contributed by atoms with Gasteiger partial charge < -0.3 is 10.1 Å². The molecular weight excluding hydrogens is 267 g/mol. The minimum Gasteiger partial charge on any atom is -0.494 e. The van der Waals surface area contributed by atoms with E-state index in [-0.39, 0.29) is 5.82 Å².